The van der Waals surface area contributed by atoms with Gasteiger partial charge in [0.25, 0.3) is 0 Å². The molecule has 0 aliphatic carbocycles. The molecule has 0 spiro atoms. The average molecular weight is 303 g/mol. The van der Waals surface area contributed by atoms with Gasteiger partial charge in [-0.1, -0.05) is 18.2 Å². The molecular weight excluding hydrogens is 287 g/mol. The van der Waals surface area contributed by atoms with Gasteiger partial charge in [-0.25, -0.2) is 0 Å². The van der Waals surface area contributed by atoms with Crippen molar-refractivity contribution < 1.29 is 27.4 Å². The smallest absolute Gasteiger partial charge is 0.405 e. The summed E-state index contributed by atoms with van der Waals surface area (Å²) >= 11 is 0. The van der Waals surface area contributed by atoms with Gasteiger partial charge in [-0.15, -0.1) is 13.2 Å². The van der Waals surface area contributed by atoms with E-state index in [-0.39, 0.29) is 29.7 Å². The second kappa shape index (κ2) is 6.80. The minimum atomic E-state index is -4.75. The normalized spacial score (nSPS) is 18.5. The first-order valence-corrected chi connectivity index (χ1v) is 6.62. The Hall–Kier alpha value is -1.76. The summed E-state index contributed by atoms with van der Waals surface area (Å²) in [5, 5.41) is 2.61. The number of hydrogen-bond donors (Lipinski definition) is 1. The molecule has 1 N–H and O–H groups in total. The van der Waals surface area contributed by atoms with E-state index >= 15 is 0 Å². The number of amides is 1. The van der Waals surface area contributed by atoms with Gasteiger partial charge in [0.2, 0.25) is 5.91 Å². The van der Waals surface area contributed by atoms with Crippen molar-refractivity contribution in [2.75, 3.05) is 13.2 Å². The van der Waals surface area contributed by atoms with Gasteiger partial charge in [-0.3, -0.25) is 4.79 Å². The highest BCUT2D eigenvalue weighted by Gasteiger charge is 2.32. The molecule has 1 saturated heterocycles. The van der Waals surface area contributed by atoms with E-state index in [2.05, 4.69) is 10.1 Å². The fourth-order valence-electron chi connectivity index (χ4n) is 2.15. The number of nitrogens with one attached hydrogen (secondary N) is 1. The van der Waals surface area contributed by atoms with Crippen LogP contribution in [0.25, 0.3) is 0 Å². The number of halogens is 3. The Bertz CT molecular complexity index is 485. The maximum atomic E-state index is 12.3. The summed E-state index contributed by atoms with van der Waals surface area (Å²) in [7, 11) is 0. The van der Waals surface area contributed by atoms with Gasteiger partial charge in [0, 0.05) is 31.7 Å². The van der Waals surface area contributed by atoms with Gasteiger partial charge >= 0.3 is 6.36 Å². The topological polar surface area (TPSA) is 47.6 Å². The lowest BCUT2D eigenvalue weighted by Gasteiger charge is -2.14. The number of rotatable bonds is 5. The molecular formula is C14H16F3NO3. The van der Waals surface area contributed by atoms with Gasteiger partial charge < -0.3 is 14.8 Å². The van der Waals surface area contributed by atoms with E-state index in [0.29, 0.717) is 19.6 Å². The molecule has 2 rings (SSSR count). The summed E-state index contributed by atoms with van der Waals surface area (Å²) in [6, 6.07) is 5.75. The van der Waals surface area contributed by atoms with E-state index in [1.165, 1.54) is 18.2 Å². The van der Waals surface area contributed by atoms with Crippen LogP contribution in [0.4, 0.5) is 13.2 Å². The molecule has 1 unspecified atom stereocenters. The van der Waals surface area contributed by atoms with E-state index in [1.54, 1.807) is 6.07 Å². The van der Waals surface area contributed by atoms with Crippen LogP contribution in [0.2, 0.25) is 0 Å². The first-order chi connectivity index (χ1) is 9.94. The average Bonchev–Trinajstić information content (AvgIpc) is 2.89. The van der Waals surface area contributed by atoms with Crippen molar-refractivity contribution in [3.63, 3.8) is 0 Å². The Balaban J connectivity index is 1.88. The number of benzene rings is 1. The van der Waals surface area contributed by atoms with E-state index in [1.807, 2.05) is 0 Å². The van der Waals surface area contributed by atoms with Crippen molar-refractivity contribution in [3.8, 4) is 5.75 Å². The molecule has 1 aromatic rings. The largest absolute Gasteiger partial charge is 0.573 e. The Kier molecular flexibility index (Phi) is 5.06. The summed E-state index contributed by atoms with van der Waals surface area (Å²) in [6.45, 7) is 1.21. The molecule has 0 radical (unpaired) electrons. The Labute approximate surface area is 120 Å². The zero-order valence-electron chi connectivity index (χ0n) is 11.3. The van der Waals surface area contributed by atoms with Crippen molar-refractivity contribution in [1.82, 2.24) is 5.32 Å². The second-order valence-corrected chi connectivity index (χ2v) is 4.87. The highest BCUT2D eigenvalue weighted by atomic mass is 19.4. The third kappa shape index (κ3) is 5.26. The van der Waals surface area contributed by atoms with Crippen LogP contribution in [0.5, 0.6) is 5.75 Å². The highest BCUT2D eigenvalue weighted by Crippen LogP contribution is 2.26. The predicted molar refractivity (Wildman–Crippen MR) is 68.5 cm³/mol. The first kappa shape index (κ1) is 15.6. The van der Waals surface area contributed by atoms with Gasteiger partial charge in [0.1, 0.15) is 5.75 Å². The van der Waals surface area contributed by atoms with Crippen LogP contribution >= 0.6 is 0 Å². The summed E-state index contributed by atoms with van der Waals surface area (Å²) in [5.74, 6) is -0.312. The van der Waals surface area contributed by atoms with Crippen LogP contribution in [0.1, 0.15) is 18.4 Å². The van der Waals surface area contributed by atoms with E-state index in [9.17, 15) is 18.0 Å². The van der Waals surface area contributed by atoms with Crippen LogP contribution in [-0.2, 0) is 16.1 Å². The van der Waals surface area contributed by atoms with Gasteiger partial charge in [-0.2, -0.15) is 0 Å². The lowest BCUT2D eigenvalue weighted by molar-refractivity contribution is -0.274. The molecule has 1 atom stereocenters. The van der Waals surface area contributed by atoms with Crippen molar-refractivity contribution in [1.29, 1.82) is 0 Å². The molecule has 1 fully saturated rings. The number of carbonyl (C=O) groups is 1. The molecule has 116 valence electrons. The number of hydrogen-bond acceptors (Lipinski definition) is 3. The molecule has 1 aliphatic rings. The summed E-state index contributed by atoms with van der Waals surface area (Å²) in [6.07, 6.45) is -3.59. The Morgan fingerprint density at radius 3 is 2.81 bits per heavy atom. The van der Waals surface area contributed by atoms with E-state index in [4.69, 9.17) is 4.74 Å². The minimum absolute atomic E-state index is 0.00133. The number of para-hydroxylation sites is 1. The zero-order valence-corrected chi connectivity index (χ0v) is 11.3. The summed E-state index contributed by atoms with van der Waals surface area (Å²) in [4.78, 5) is 11.7. The lowest BCUT2D eigenvalue weighted by Crippen LogP contribution is -2.26. The fourth-order valence-corrected chi connectivity index (χ4v) is 2.15. The summed E-state index contributed by atoms with van der Waals surface area (Å²) in [5.41, 5.74) is 0.283. The van der Waals surface area contributed by atoms with Crippen molar-refractivity contribution in [2.45, 2.75) is 25.7 Å². The van der Waals surface area contributed by atoms with E-state index < -0.39 is 6.36 Å². The number of carbonyl (C=O) groups excluding carboxylic acids is 1. The third-order valence-electron chi connectivity index (χ3n) is 3.17. The predicted octanol–water partition coefficient (Wildman–Crippen LogP) is 2.63. The van der Waals surface area contributed by atoms with Crippen LogP contribution in [0.3, 0.4) is 0 Å². The molecule has 7 heteroatoms. The maximum absolute atomic E-state index is 12.3. The highest BCUT2D eigenvalue weighted by molar-refractivity contribution is 5.76. The Morgan fingerprint density at radius 2 is 2.14 bits per heavy atom. The standard InChI is InChI=1S/C14H16F3NO3/c15-14(16,17)21-12-4-2-1-3-11(12)8-18-13(19)7-10-5-6-20-9-10/h1-4,10H,5-9H2,(H,18,19). The molecule has 0 bridgehead atoms. The van der Waals surface area contributed by atoms with Crippen molar-refractivity contribution >= 4 is 5.91 Å². The van der Waals surface area contributed by atoms with Crippen LogP contribution in [0.15, 0.2) is 24.3 Å². The third-order valence-corrected chi connectivity index (χ3v) is 3.17. The van der Waals surface area contributed by atoms with E-state index in [0.717, 1.165) is 6.42 Å². The zero-order chi connectivity index (χ0) is 15.3. The lowest BCUT2D eigenvalue weighted by atomic mass is 10.0. The minimum Gasteiger partial charge on any atom is -0.405 e. The molecule has 1 aromatic carbocycles. The molecule has 1 aliphatic heterocycles. The van der Waals surface area contributed by atoms with Gasteiger partial charge in [0.15, 0.2) is 0 Å². The SMILES string of the molecule is O=C(CC1CCOC1)NCc1ccccc1OC(F)(F)F. The molecule has 1 heterocycles. The van der Waals surface area contributed by atoms with Gasteiger partial charge in [-0.05, 0) is 18.4 Å². The van der Waals surface area contributed by atoms with Crippen LogP contribution in [0, 0.1) is 5.92 Å². The van der Waals surface area contributed by atoms with Gasteiger partial charge in [0.05, 0.1) is 0 Å². The molecule has 0 aromatic heterocycles. The molecule has 21 heavy (non-hydrogen) atoms. The number of ether oxygens (including phenoxy) is 2. The molecule has 1 amide bonds. The Morgan fingerprint density at radius 1 is 1.38 bits per heavy atom. The van der Waals surface area contributed by atoms with Crippen LogP contribution in [-0.4, -0.2) is 25.5 Å². The fraction of sp³-hybridized carbons (Fsp3) is 0.500. The van der Waals surface area contributed by atoms with Crippen LogP contribution < -0.4 is 10.1 Å². The number of alkyl halides is 3. The molecule has 0 saturated carbocycles. The summed E-state index contributed by atoms with van der Waals surface area (Å²) < 4.78 is 45.9. The maximum Gasteiger partial charge on any atom is 0.573 e. The first-order valence-electron chi connectivity index (χ1n) is 6.62. The molecule has 4 nitrogen and oxygen atoms in total. The van der Waals surface area contributed by atoms with Crippen molar-refractivity contribution in [3.05, 3.63) is 29.8 Å². The quantitative estimate of drug-likeness (QED) is 0.909. The monoisotopic (exact) mass is 303 g/mol. The second-order valence-electron chi connectivity index (χ2n) is 4.87. The van der Waals surface area contributed by atoms with Crippen molar-refractivity contribution in [2.24, 2.45) is 5.92 Å².